The third-order valence-corrected chi connectivity index (χ3v) is 6.44. The van der Waals surface area contributed by atoms with Crippen LogP contribution in [-0.4, -0.2) is 74.7 Å². The summed E-state index contributed by atoms with van der Waals surface area (Å²) in [4.78, 5) is 10.1. The van der Waals surface area contributed by atoms with Crippen LogP contribution in [0.25, 0.3) is 0 Å². The van der Waals surface area contributed by atoms with Crippen molar-refractivity contribution >= 4 is 5.96 Å². The molecule has 1 heterocycles. The fourth-order valence-electron chi connectivity index (χ4n) is 4.33. The first kappa shape index (κ1) is 21.5. The van der Waals surface area contributed by atoms with Crippen LogP contribution in [0.15, 0.2) is 4.99 Å². The Morgan fingerprint density at radius 1 is 0.923 bits per heavy atom. The molecule has 2 N–H and O–H groups in total. The molecule has 0 aromatic heterocycles. The lowest BCUT2D eigenvalue weighted by atomic mass is 9.84. The highest BCUT2D eigenvalue weighted by Crippen LogP contribution is 2.41. The molecule has 2 fully saturated rings. The number of hydrogen-bond acceptors (Lipinski definition) is 3. The Hall–Kier alpha value is -0.810. The van der Waals surface area contributed by atoms with Crippen LogP contribution in [0, 0.1) is 5.41 Å². The van der Waals surface area contributed by atoms with Gasteiger partial charge in [-0.05, 0) is 57.5 Å². The minimum absolute atomic E-state index is 0.475. The molecule has 1 saturated carbocycles. The maximum atomic E-state index is 4.92. The molecule has 0 amide bonds. The summed E-state index contributed by atoms with van der Waals surface area (Å²) in [5.74, 6) is 1.02. The first-order valence-corrected chi connectivity index (χ1v) is 11.2. The van der Waals surface area contributed by atoms with E-state index in [1.807, 2.05) is 0 Å². The van der Waals surface area contributed by atoms with Gasteiger partial charge in [-0.3, -0.25) is 4.99 Å². The molecule has 5 heteroatoms. The van der Waals surface area contributed by atoms with E-state index in [-0.39, 0.29) is 0 Å². The maximum Gasteiger partial charge on any atom is 0.191 e. The van der Waals surface area contributed by atoms with Crippen molar-refractivity contribution in [2.24, 2.45) is 10.4 Å². The first-order chi connectivity index (χ1) is 12.7. The average Bonchev–Trinajstić information content (AvgIpc) is 3.16. The number of nitrogens with one attached hydrogen (secondary N) is 2. The van der Waals surface area contributed by atoms with Gasteiger partial charge in [-0.25, -0.2) is 0 Å². The second-order valence-electron chi connectivity index (χ2n) is 8.17. The van der Waals surface area contributed by atoms with Gasteiger partial charge in [-0.1, -0.05) is 26.7 Å². The molecule has 0 radical (unpaired) electrons. The predicted molar refractivity (Wildman–Crippen MR) is 113 cm³/mol. The SMILES string of the molecule is CCNC(=NCC1(CC)CCCC1)NCCCCN1CCN(CC)CC1. The molecular weight excluding hydrogens is 322 g/mol. The number of nitrogens with zero attached hydrogens (tertiary/aromatic N) is 3. The summed E-state index contributed by atoms with van der Waals surface area (Å²) in [7, 11) is 0. The Labute approximate surface area is 162 Å². The average molecular weight is 366 g/mol. The Morgan fingerprint density at radius 3 is 2.23 bits per heavy atom. The van der Waals surface area contributed by atoms with Gasteiger partial charge in [0.1, 0.15) is 0 Å². The summed E-state index contributed by atoms with van der Waals surface area (Å²) in [6.45, 7) is 17.1. The number of guanidine groups is 1. The third kappa shape index (κ3) is 7.07. The lowest BCUT2D eigenvalue weighted by Crippen LogP contribution is -2.46. The van der Waals surface area contributed by atoms with Gasteiger partial charge in [0.15, 0.2) is 5.96 Å². The van der Waals surface area contributed by atoms with Gasteiger partial charge in [0.25, 0.3) is 0 Å². The number of rotatable bonds is 10. The molecular formula is C21H43N5. The molecule has 1 aliphatic heterocycles. The first-order valence-electron chi connectivity index (χ1n) is 11.2. The fraction of sp³-hybridized carbons (Fsp3) is 0.952. The summed E-state index contributed by atoms with van der Waals surface area (Å²) in [6, 6.07) is 0. The van der Waals surface area contributed by atoms with Crippen molar-refractivity contribution in [1.82, 2.24) is 20.4 Å². The number of hydrogen-bond donors (Lipinski definition) is 2. The molecule has 1 saturated heterocycles. The monoisotopic (exact) mass is 365 g/mol. The van der Waals surface area contributed by atoms with E-state index in [2.05, 4.69) is 41.2 Å². The van der Waals surface area contributed by atoms with E-state index in [4.69, 9.17) is 4.99 Å². The van der Waals surface area contributed by atoms with E-state index in [0.717, 1.165) is 25.6 Å². The molecule has 2 rings (SSSR count). The Balaban J connectivity index is 1.62. The van der Waals surface area contributed by atoms with Crippen LogP contribution in [-0.2, 0) is 0 Å². The fourth-order valence-corrected chi connectivity index (χ4v) is 4.33. The number of piperazine rings is 1. The van der Waals surface area contributed by atoms with E-state index in [1.165, 1.54) is 84.2 Å². The summed E-state index contributed by atoms with van der Waals surface area (Å²) < 4.78 is 0. The van der Waals surface area contributed by atoms with E-state index in [0.29, 0.717) is 5.41 Å². The van der Waals surface area contributed by atoms with Gasteiger partial charge in [0.05, 0.1) is 0 Å². The van der Waals surface area contributed by atoms with Crippen molar-refractivity contribution in [2.75, 3.05) is 58.9 Å². The molecule has 2 aliphatic rings. The zero-order valence-corrected chi connectivity index (χ0v) is 17.7. The van der Waals surface area contributed by atoms with E-state index < -0.39 is 0 Å². The number of aliphatic imine (C=N–C) groups is 1. The van der Waals surface area contributed by atoms with Crippen molar-refractivity contribution in [2.45, 2.75) is 65.7 Å². The van der Waals surface area contributed by atoms with Gasteiger partial charge >= 0.3 is 0 Å². The second-order valence-corrected chi connectivity index (χ2v) is 8.17. The topological polar surface area (TPSA) is 42.9 Å². The van der Waals surface area contributed by atoms with Gasteiger partial charge < -0.3 is 20.4 Å². The van der Waals surface area contributed by atoms with Crippen molar-refractivity contribution in [3.05, 3.63) is 0 Å². The predicted octanol–water partition coefficient (Wildman–Crippen LogP) is 2.93. The molecule has 26 heavy (non-hydrogen) atoms. The lowest BCUT2D eigenvalue weighted by Gasteiger charge is -2.34. The Bertz CT molecular complexity index is 395. The maximum absolute atomic E-state index is 4.92. The van der Waals surface area contributed by atoms with Crippen LogP contribution in [0.1, 0.15) is 65.7 Å². The molecule has 0 bridgehead atoms. The molecule has 1 aliphatic carbocycles. The van der Waals surface area contributed by atoms with Crippen LogP contribution >= 0.6 is 0 Å². The van der Waals surface area contributed by atoms with E-state index in [9.17, 15) is 0 Å². The smallest absolute Gasteiger partial charge is 0.191 e. The van der Waals surface area contributed by atoms with Crippen molar-refractivity contribution in [3.63, 3.8) is 0 Å². The summed E-state index contributed by atoms with van der Waals surface area (Å²) in [5.41, 5.74) is 0.475. The van der Waals surface area contributed by atoms with Crippen LogP contribution in [0.2, 0.25) is 0 Å². The summed E-state index contributed by atoms with van der Waals surface area (Å²) in [6.07, 6.45) is 9.26. The number of unbranched alkanes of at least 4 members (excludes halogenated alkanes) is 1. The molecule has 0 atom stereocenters. The largest absolute Gasteiger partial charge is 0.357 e. The van der Waals surface area contributed by atoms with Gasteiger partial charge in [0.2, 0.25) is 0 Å². The summed E-state index contributed by atoms with van der Waals surface area (Å²) >= 11 is 0. The standard InChI is InChI=1S/C21H43N5/c1-4-21(11-7-8-12-21)19-24-20(22-5-2)23-13-9-10-14-26-17-15-25(6-3)16-18-26/h4-19H2,1-3H3,(H2,22,23,24). The van der Waals surface area contributed by atoms with Crippen LogP contribution in [0.5, 0.6) is 0 Å². The molecule has 0 aromatic rings. The quantitative estimate of drug-likeness (QED) is 0.355. The van der Waals surface area contributed by atoms with Gasteiger partial charge in [0, 0.05) is 45.8 Å². The highest BCUT2D eigenvalue weighted by Gasteiger charge is 2.31. The van der Waals surface area contributed by atoms with Crippen molar-refractivity contribution in [3.8, 4) is 0 Å². The lowest BCUT2D eigenvalue weighted by molar-refractivity contribution is 0.136. The number of likely N-dealkylation sites (N-methyl/N-ethyl adjacent to an activating group) is 1. The molecule has 0 aromatic carbocycles. The van der Waals surface area contributed by atoms with Crippen LogP contribution < -0.4 is 10.6 Å². The van der Waals surface area contributed by atoms with Crippen molar-refractivity contribution in [1.29, 1.82) is 0 Å². The van der Waals surface area contributed by atoms with Gasteiger partial charge in [-0.2, -0.15) is 0 Å². The zero-order chi connectivity index (χ0) is 18.7. The van der Waals surface area contributed by atoms with E-state index >= 15 is 0 Å². The van der Waals surface area contributed by atoms with E-state index in [1.54, 1.807) is 0 Å². The highest BCUT2D eigenvalue weighted by molar-refractivity contribution is 5.79. The Morgan fingerprint density at radius 2 is 1.62 bits per heavy atom. The Kier molecular flexibility index (Phi) is 9.76. The molecule has 5 nitrogen and oxygen atoms in total. The second kappa shape index (κ2) is 11.8. The van der Waals surface area contributed by atoms with Gasteiger partial charge in [-0.15, -0.1) is 0 Å². The zero-order valence-electron chi connectivity index (χ0n) is 17.7. The molecule has 152 valence electrons. The molecule has 0 spiro atoms. The van der Waals surface area contributed by atoms with Crippen LogP contribution in [0.4, 0.5) is 0 Å². The molecule has 0 unspecified atom stereocenters. The van der Waals surface area contributed by atoms with Crippen molar-refractivity contribution < 1.29 is 0 Å². The summed E-state index contributed by atoms with van der Waals surface area (Å²) in [5, 5.41) is 6.97. The van der Waals surface area contributed by atoms with Crippen LogP contribution in [0.3, 0.4) is 0 Å². The third-order valence-electron chi connectivity index (χ3n) is 6.44. The minimum Gasteiger partial charge on any atom is -0.357 e. The highest BCUT2D eigenvalue weighted by atomic mass is 15.3. The minimum atomic E-state index is 0.475. The normalized spacial score (nSPS) is 21.9.